The average molecular weight is 273 g/mol. The molecule has 1 aromatic carbocycles. The number of aryl methyl sites for hydroxylation is 1. The molecule has 1 atom stereocenters. The van der Waals surface area contributed by atoms with Crippen LogP contribution in [-0.2, 0) is 6.54 Å². The first-order valence-electron chi connectivity index (χ1n) is 7.13. The molecule has 1 nitrogen and oxygen atoms in total. The van der Waals surface area contributed by atoms with Gasteiger partial charge in [0.15, 0.2) is 0 Å². The van der Waals surface area contributed by atoms with Crippen molar-refractivity contribution in [2.45, 2.75) is 45.7 Å². The van der Waals surface area contributed by atoms with E-state index < -0.39 is 0 Å². The molecule has 2 aromatic rings. The largest absolute Gasteiger partial charge is 0.305 e. The Bertz CT molecular complexity index is 475. The average Bonchev–Trinajstić information content (AvgIpc) is 2.86. The highest BCUT2D eigenvalue weighted by Gasteiger charge is 2.10. The van der Waals surface area contributed by atoms with Gasteiger partial charge in [-0.15, -0.1) is 11.3 Å². The molecule has 0 saturated heterocycles. The molecule has 0 amide bonds. The topological polar surface area (TPSA) is 12.0 Å². The van der Waals surface area contributed by atoms with Crippen LogP contribution in [0.3, 0.4) is 0 Å². The van der Waals surface area contributed by atoms with Crippen LogP contribution in [0.5, 0.6) is 0 Å². The summed E-state index contributed by atoms with van der Waals surface area (Å²) in [6, 6.07) is 15.7. The zero-order chi connectivity index (χ0) is 13.5. The molecular weight excluding hydrogens is 250 g/mol. The molecule has 0 spiro atoms. The minimum atomic E-state index is 0.476. The summed E-state index contributed by atoms with van der Waals surface area (Å²) in [4.78, 5) is 2.82. The van der Waals surface area contributed by atoms with Gasteiger partial charge < -0.3 is 5.32 Å². The molecule has 0 bridgehead atoms. The summed E-state index contributed by atoms with van der Waals surface area (Å²) in [5.74, 6) is 0. The number of rotatable bonds is 7. The van der Waals surface area contributed by atoms with Gasteiger partial charge in [-0.05, 0) is 31.0 Å². The molecule has 102 valence electrons. The molecule has 1 unspecified atom stereocenters. The van der Waals surface area contributed by atoms with Crippen LogP contribution in [0.2, 0.25) is 0 Å². The van der Waals surface area contributed by atoms with Crippen LogP contribution in [0.1, 0.15) is 47.5 Å². The maximum Gasteiger partial charge on any atom is 0.0323 e. The molecule has 2 heteroatoms. The van der Waals surface area contributed by atoms with Gasteiger partial charge in [-0.25, -0.2) is 0 Å². The zero-order valence-electron chi connectivity index (χ0n) is 11.9. The fourth-order valence-corrected chi connectivity index (χ4v) is 3.13. The number of thiophene rings is 1. The normalized spacial score (nSPS) is 12.5. The van der Waals surface area contributed by atoms with Gasteiger partial charge in [-0.2, -0.15) is 0 Å². The van der Waals surface area contributed by atoms with Gasteiger partial charge in [0.25, 0.3) is 0 Å². The van der Waals surface area contributed by atoms with E-state index >= 15 is 0 Å². The maximum atomic E-state index is 3.71. The molecule has 0 radical (unpaired) electrons. The highest BCUT2D eigenvalue weighted by Crippen LogP contribution is 2.21. The Hall–Kier alpha value is -1.12. The fourth-order valence-electron chi connectivity index (χ4n) is 2.28. The third-order valence-electron chi connectivity index (χ3n) is 3.37. The van der Waals surface area contributed by atoms with Crippen LogP contribution in [0, 0.1) is 6.92 Å². The van der Waals surface area contributed by atoms with Gasteiger partial charge in [-0.1, -0.05) is 50.1 Å². The molecular formula is C17H23NS. The molecule has 0 saturated carbocycles. The summed E-state index contributed by atoms with van der Waals surface area (Å²) in [7, 11) is 0. The molecule has 2 rings (SSSR count). The molecule has 0 aliphatic rings. The predicted octanol–water partition coefficient (Wildman–Crippen LogP) is 5.08. The smallest absolute Gasteiger partial charge is 0.0323 e. The Morgan fingerprint density at radius 1 is 1.11 bits per heavy atom. The van der Waals surface area contributed by atoms with Crippen LogP contribution in [0.15, 0.2) is 42.5 Å². The number of unbranched alkanes of at least 4 members (excludes halogenated alkanes) is 1. The maximum absolute atomic E-state index is 3.71. The Kier molecular flexibility index (Phi) is 5.62. The predicted molar refractivity (Wildman–Crippen MR) is 84.6 cm³/mol. The van der Waals surface area contributed by atoms with E-state index in [0.717, 1.165) is 6.54 Å². The van der Waals surface area contributed by atoms with Crippen molar-refractivity contribution in [3.05, 3.63) is 57.8 Å². The summed E-state index contributed by atoms with van der Waals surface area (Å²) in [6.45, 7) is 5.40. The molecule has 1 aromatic heterocycles. The Balaban J connectivity index is 1.97. The summed E-state index contributed by atoms with van der Waals surface area (Å²) in [6.07, 6.45) is 3.74. The van der Waals surface area contributed by atoms with Gasteiger partial charge in [-0.3, -0.25) is 0 Å². The molecule has 0 aliphatic heterocycles. The second kappa shape index (κ2) is 7.46. The van der Waals surface area contributed by atoms with E-state index in [-0.39, 0.29) is 0 Å². The van der Waals surface area contributed by atoms with E-state index in [4.69, 9.17) is 0 Å². The lowest BCUT2D eigenvalue weighted by atomic mass is 10.0. The Morgan fingerprint density at radius 3 is 2.53 bits per heavy atom. The Morgan fingerprint density at radius 2 is 1.89 bits per heavy atom. The molecule has 0 aliphatic carbocycles. The van der Waals surface area contributed by atoms with Gasteiger partial charge in [0.05, 0.1) is 0 Å². The molecule has 1 N–H and O–H groups in total. The summed E-state index contributed by atoms with van der Waals surface area (Å²) in [5.41, 5.74) is 1.41. The van der Waals surface area contributed by atoms with Crippen LogP contribution in [-0.4, -0.2) is 0 Å². The lowest BCUT2D eigenvalue weighted by Crippen LogP contribution is -2.20. The van der Waals surface area contributed by atoms with Crippen molar-refractivity contribution >= 4 is 11.3 Å². The highest BCUT2D eigenvalue weighted by molar-refractivity contribution is 7.11. The van der Waals surface area contributed by atoms with Crippen LogP contribution >= 0.6 is 11.3 Å². The zero-order valence-corrected chi connectivity index (χ0v) is 12.7. The van der Waals surface area contributed by atoms with Gasteiger partial charge in [0, 0.05) is 22.3 Å². The third kappa shape index (κ3) is 4.48. The molecule has 19 heavy (non-hydrogen) atoms. The lowest BCUT2D eigenvalue weighted by molar-refractivity contribution is 0.483. The van der Waals surface area contributed by atoms with E-state index in [0.29, 0.717) is 6.04 Å². The first kappa shape index (κ1) is 14.3. The standard InChI is InChI=1S/C17H23NS/c1-3-4-10-17(15-8-6-5-7-9-15)18-13-16-12-11-14(2)19-16/h5-9,11-12,17-18H,3-4,10,13H2,1-2H3. The first-order valence-corrected chi connectivity index (χ1v) is 7.95. The van der Waals surface area contributed by atoms with Gasteiger partial charge in [0.1, 0.15) is 0 Å². The van der Waals surface area contributed by atoms with Crippen LogP contribution in [0.4, 0.5) is 0 Å². The summed E-state index contributed by atoms with van der Waals surface area (Å²) in [5, 5.41) is 3.71. The SMILES string of the molecule is CCCCC(NCc1ccc(C)s1)c1ccccc1. The van der Waals surface area contributed by atoms with Crippen molar-refractivity contribution in [2.75, 3.05) is 0 Å². The van der Waals surface area contributed by atoms with Crippen molar-refractivity contribution in [3.63, 3.8) is 0 Å². The number of hydrogen-bond donors (Lipinski definition) is 1. The van der Waals surface area contributed by atoms with Crippen molar-refractivity contribution < 1.29 is 0 Å². The van der Waals surface area contributed by atoms with Crippen LogP contribution in [0.25, 0.3) is 0 Å². The van der Waals surface area contributed by atoms with E-state index in [1.165, 1.54) is 34.6 Å². The fraction of sp³-hybridized carbons (Fsp3) is 0.412. The van der Waals surface area contributed by atoms with Crippen LogP contribution < -0.4 is 5.32 Å². The van der Waals surface area contributed by atoms with E-state index in [1.54, 1.807) is 0 Å². The summed E-state index contributed by atoms with van der Waals surface area (Å²) < 4.78 is 0. The van der Waals surface area contributed by atoms with Gasteiger partial charge >= 0.3 is 0 Å². The minimum absolute atomic E-state index is 0.476. The second-order valence-corrected chi connectivity index (χ2v) is 6.37. The quantitative estimate of drug-likeness (QED) is 0.742. The Labute approximate surface area is 120 Å². The van der Waals surface area contributed by atoms with E-state index in [9.17, 15) is 0 Å². The highest BCUT2D eigenvalue weighted by atomic mass is 32.1. The van der Waals surface area contributed by atoms with E-state index in [2.05, 4.69) is 61.6 Å². The lowest BCUT2D eigenvalue weighted by Gasteiger charge is -2.18. The third-order valence-corrected chi connectivity index (χ3v) is 4.37. The minimum Gasteiger partial charge on any atom is -0.305 e. The van der Waals surface area contributed by atoms with Crippen molar-refractivity contribution in [3.8, 4) is 0 Å². The monoisotopic (exact) mass is 273 g/mol. The van der Waals surface area contributed by atoms with Crippen molar-refractivity contribution in [2.24, 2.45) is 0 Å². The molecule has 0 fully saturated rings. The number of hydrogen-bond acceptors (Lipinski definition) is 2. The van der Waals surface area contributed by atoms with Crippen molar-refractivity contribution in [1.82, 2.24) is 5.32 Å². The number of benzene rings is 1. The summed E-state index contributed by atoms with van der Waals surface area (Å²) >= 11 is 1.89. The number of nitrogens with one attached hydrogen (secondary N) is 1. The first-order chi connectivity index (χ1) is 9.29. The van der Waals surface area contributed by atoms with Gasteiger partial charge in [0.2, 0.25) is 0 Å². The van der Waals surface area contributed by atoms with Crippen molar-refractivity contribution in [1.29, 1.82) is 0 Å². The van der Waals surface area contributed by atoms with E-state index in [1.807, 2.05) is 11.3 Å². The second-order valence-electron chi connectivity index (χ2n) is 5.00. The molecule has 1 heterocycles.